The molecule has 1 N–H and O–H groups in total. The molecule has 3 aromatic rings. The molecule has 1 saturated heterocycles. The molecular weight excluding hydrogens is 300 g/mol. The highest BCUT2D eigenvalue weighted by Crippen LogP contribution is 2.29. The SMILES string of the molecule is Cc1cnc2[nH]c([C@H]3CCCN(C(=O)c4cccnc4)C3)cc2c1. The Kier molecular flexibility index (Phi) is 3.76. The Morgan fingerprint density at radius 1 is 1.33 bits per heavy atom. The molecule has 122 valence electrons. The van der Waals surface area contributed by atoms with E-state index < -0.39 is 0 Å². The lowest BCUT2D eigenvalue weighted by atomic mass is 9.94. The van der Waals surface area contributed by atoms with Crippen LogP contribution in [0.4, 0.5) is 0 Å². The maximum absolute atomic E-state index is 12.7. The average molecular weight is 320 g/mol. The Labute approximate surface area is 140 Å². The van der Waals surface area contributed by atoms with Gasteiger partial charge in [0.05, 0.1) is 5.56 Å². The second-order valence-corrected chi connectivity index (χ2v) is 6.51. The summed E-state index contributed by atoms with van der Waals surface area (Å²) < 4.78 is 0. The van der Waals surface area contributed by atoms with Crippen molar-refractivity contribution in [1.82, 2.24) is 19.9 Å². The fraction of sp³-hybridized carbons (Fsp3) is 0.316. The highest BCUT2D eigenvalue weighted by Gasteiger charge is 2.26. The second-order valence-electron chi connectivity index (χ2n) is 6.51. The monoisotopic (exact) mass is 320 g/mol. The molecule has 4 heterocycles. The molecule has 1 amide bonds. The number of hydrogen-bond acceptors (Lipinski definition) is 3. The number of likely N-dealkylation sites (tertiary alicyclic amines) is 1. The van der Waals surface area contributed by atoms with E-state index in [1.54, 1.807) is 18.5 Å². The summed E-state index contributed by atoms with van der Waals surface area (Å²) in [5.74, 6) is 0.395. The standard InChI is InChI=1S/C19H20N4O/c1-13-8-16-9-17(22-18(16)21-10-13)15-5-3-7-23(12-15)19(24)14-4-2-6-20-11-14/h2,4,6,8-11,15H,3,5,7,12H2,1H3,(H,21,22)/t15-/m0/s1. The van der Waals surface area contributed by atoms with Crippen molar-refractivity contribution in [2.75, 3.05) is 13.1 Å². The molecule has 0 radical (unpaired) electrons. The Bertz CT molecular complexity index is 871. The van der Waals surface area contributed by atoms with Crippen molar-refractivity contribution in [2.24, 2.45) is 0 Å². The van der Waals surface area contributed by atoms with Crippen LogP contribution in [0.25, 0.3) is 11.0 Å². The largest absolute Gasteiger partial charge is 0.343 e. The predicted octanol–water partition coefficient (Wildman–Crippen LogP) is 3.29. The average Bonchev–Trinajstić information content (AvgIpc) is 3.05. The molecule has 0 aliphatic carbocycles. The van der Waals surface area contributed by atoms with Gasteiger partial charge in [0.1, 0.15) is 5.65 Å². The van der Waals surface area contributed by atoms with Crippen molar-refractivity contribution >= 4 is 16.9 Å². The number of rotatable bonds is 2. The maximum Gasteiger partial charge on any atom is 0.255 e. The first-order valence-electron chi connectivity index (χ1n) is 8.35. The first kappa shape index (κ1) is 14.9. The molecule has 4 rings (SSSR count). The minimum atomic E-state index is 0.0675. The van der Waals surface area contributed by atoms with Gasteiger partial charge in [-0.15, -0.1) is 0 Å². The van der Waals surface area contributed by atoms with Gasteiger partial charge in [0.25, 0.3) is 5.91 Å². The highest BCUT2D eigenvalue weighted by atomic mass is 16.2. The number of H-pyrrole nitrogens is 1. The van der Waals surface area contributed by atoms with Crippen molar-refractivity contribution in [3.05, 3.63) is 59.7 Å². The van der Waals surface area contributed by atoms with Gasteiger partial charge in [-0.2, -0.15) is 0 Å². The summed E-state index contributed by atoms with van der Waals surface area (Å²) in [6, 6.07) is 7.96. The van der Waals surface area contributed by atoms with Crippen LogP contribution in [0.15, 0.2) is 42.9 Å². The predicted molar refractivity (Wildman–Crippen MR) is 92.9 cm³/mol. The summed E-state index contributed by atoms with van der Waals surface area (Å²) in [4.78, 5) is 26.5. The van der Waals surface area contributed by atoms with Gasteiger partial charge < -0.3 is 9.88 Å². The summed E-state index contributed by atoms with van der Waals surface area (Å²) in [6.07, 6.45) is 7.31. The zero-order valence-corrected chi connectivity index (χ0v) is 13.7. The number of aromatic nitrogens is 3. The Morgan fingerprint density at radius 3 is 3.08 bits per heavy atom. The second kappa shape index (κ2) is 6.07. The van der Waals surface area contributed by atoms with Crippen molar-refractivity contribution in [1.29, 1.82) is 0 Å². The molecule has 5 nitrogen and oxygen atoms in total. The van der Waals surface area contributed by atoms with Crippen LogP contribution in [0.3, 0.4) is 0 Å². The summed E-state index contributed by atoms with van der Waals surface area (Å²) in [5.41, 5.74) is 3.91. The summed E-state index contributed by atoms with van der Waals surface area (Å²) in [7, 11) is 0. The molecule has 1 aliphatic rings. The van der Waals surface area contributed by atoms with E-state index >= 15 is 0 Å². The molecule has 0 spiro atoms. The van der Waals surface area contributed by atoms with Gasteiger partial charge in [0, 0.05) is 48.7 Å². The van der Waals surface area contributed by atoms with E-state index in [0.29, 0.717) is 11.5 Å². The normalized spacial score (nSPS) is 18.0. The van der Waals surface area contributed by atoms with Gasteiger partial charge >= 0.3 is 0 Å². The fourth-order valence-corrected chi connectivity index (χ4v) is 3.45. The van der Waals surface area contributed by atoms with Gasteiger partial charge in [-0.25, -0.2) is 4.98 Å². The van der Waals surface area contributed by atoms with Crippen molar-refractivity contribution < 1.29 is 4.79 Å². The van der Waals surface area contributed by atoms with E-state index in [2.05, 4.69) is 27.1 Å². The fourth-order valence-electron chi connectivity index (χ4n) is 3.45. The van der Waals surface area contributed by atoms with Crippen molar-refractivity contribution in [3.8, 4) is 0 Å². The number of nitrogens with one attached hydrogen (secondary N) is 1. The number of aryl methyl sites for hydroxylation is 1. The van der Waals surface area contributed by atoms with Crippen LogP contribution in [0, 0.1) is 6.92 Å². The van der Waals surface area contributed by atoms with Crippen LogP contribution in [0.2, 0.25) is 0 Å². The number of nitrogens with zero attached hydrogens (tertiary/aromatic N) is 3. The lowest BCUT2D eigenvalue weighted by molar-refractivity contribution is 0.0705. The number of hydrogen-bond donors (Lipinski definition) is 1. The van der Waals surface area contributed by atoms with Crippen molar-refractivity contribution in [3.63, 3.8) is 0 Å². The van der Waals surface area contributed by atoms with E-state index in [1.807, 2.05) is 24.1 Å². The first-order valence-corrected chi connectivity index (χ1v) is 8.35. The minimum Gasteiger partial charge on any atom is -0.343 e. The van der Waals surface area contributed by atoms with E-state index in [1.165, 1.54) is 5.69 Å². The molecule has 1 atom stereocenters. The molecular formula is C19H20N4O. The number of carbonyl (C=O) groups is 1. The van der Waals surface area contributed by atoms with Gasteiger partial charge in [0.2, 0.25) is 0 Å². The molecule has 0 aromatic carbocycles. The number of amides is 1. The van der Waals surface area contributed by atoms with E-state index in [0.717, 1.165) is 42.5 Å². The van der Waals surface area contributed by atoms with Crippen molar-refractivity contribution in [2.45, 2.75) is 25.7 Å². The maximum atomic E-state index is 12.7. The first-order chi connectivity index (χ1) is 11.7. The zero-order valence-electron chi connectivity index (χ0n) is 13.7. The van der Waals surface area contributed by atoms with Crippen LogP contribution in [-0.4, -0.2) is 38.8 Å². The Morgan fingerprint density at radius 2 is 2.25 bits per heavy atom. The lowest BCUT2D eigenvalue weighted by Gasteiger charge is -2.32. The molecule has 0 unspecified atom stereocenters. The number of fused-ring (bicyclic) bond motifs is 1. The molecule has 1 aliphatic heterocycles. The molecule has 0 saturated carbocycles. The third-order valence-corrected chi connectivity index (χ3v) is 4.68. The van der Waals surface area contributed by atoms with Crippen LogP contribution in [0.1, 0.15) is 40.4 Å². The van der Waals surface area contributed by atoms with E-state index in [-0.39, 0.29) is 5.91 Å². The minimum absolute atomic E-state index is 0.0675. The van der Waals surface area contributed by atoms with Crippen LogP contribution < -0.4 is 0 Å². The van der Waals surface area contributed by atoms with Crippen LogP contribution in [0.5, 0.6) is 0 Å². The summed E-state index contributed by atoms with van der Waals surface area (Å²) in [5, 5.41) is 1.14. The van der Waals surface area contributed by atoms with Gasteiger partial charge in [0.15, 0.2) is 0 Å². The van der Waals surface area contributed by atoms with Gasteiger partial charge in [-0.1, -0.05) is 0 Å². The third kappa shape index (κ3) is 2.77. The highest BCUT2D eigenvalue weighted by molar-refractivity contribution is 5.94. The molecule has 0 bridgehead atoms. The number of aromatic amines is 1. The summed E-state index contributed by atoms with van der Waals surface area (Å²) >= 11 is 0. The number of piperidine rings is 1. The molecule has 5 heteroatoms. The number of carbonyl (C=O) groups excluding carboxylic acids is 1. The van der Waals surface area contributed by atoms with Crippen LogP contribution in [-0.2, 0) is 0 Å². The topological polar surface area (TPSA) is 61.9 Å². The lowest BCUT2D eigenvalue weighted by Crippen LogP contribution is -2.39. The Balaban J connectivity index is 1.56. The zero-order chi connectivity index (χ0) is 16.5. The smallest absolute Gasteiger partial charge is 0.255 e. The Hall–Kier alpha value is -2.69. The quantitative estimate of drug-likeness (QED) is 0.788. The third-order valence-electron chi connectivity index (χ3n) is 4.68. The molecule has 1 fully saturated rings. The molecule has 3 aromatic heterocycles. The van der Waals surface area contributed by atoms with Crippen LogP contribution >= 0.6 is 0 Å². The van der Waals surface area contributed by atoms with Gasteiger partial charge in [-0.05, 0) is 49.6 Å². The molecule has 24 heavy (non-hydrogen) atoms. The van der Waals surface area contributed by atoms with E-state index in [4.69, 9.17) is 0 Å². The number of pyridine rings is 2. The van der Waals surface area contributed by atoms with Gasteiger partial charge in [-0.3, -0.25) is 9.78 Å². The van der Waals surface area contributed by atoms with E-state index in [9.17, 15) is 4.79 Å². The summed E-state index contributed by atoms with van der Waals surface area (Å²) in [6.45, 7) is 3.59.